The smallest absolute Gasteiger partial charge is 0.338 e. The number of hydrogen-bond donors (Lipinski definition) is 0. The summed E-state index contributed by atoms with van der Waals surface area (Å²) in [4.78, 5) is 11.8. The molecule has 0 aliphatic carbocycles. The van der Waals surface area contributed by atoms with Gasteiger partial charge in [-0.1, -0.05) is 89.3 Å². The van der Waals surface area contributed by atoms with Gasteiger partial charge in [-0.2, -0.15) is 0 Å². The molecule has 1 aliphatic heterocycles. The highest BCUT2D eigenvalue weighted by molar-refractivity contribution is 5.89. The minimum absolute atomic E-state index is 0.228. The Bertz CT molecular complexity index is 500. The number of carbonyl (C=O) groups is 1. The number of epoxide rings is 1. The van der Waals surface area contributed by atoms with Crippen LogP contribution >= 0.6 is 0 Å². The molecule has 0 spiro atoms. The minimum atomic E-state index is -0.228. The summed E-state index contributed by atoms with van der Waals surface area (Å²) in [5.74, 6) is -0.228. The maximum atomic E-state index is 11.8. The lowest BCUT2D eigenvalue weighted by molar-refractivity contribution is 0.0496. The van der Waals surface area contributed by atoms with Gasteiger partial charge < -0.3 is 9.47 Å². The Morgan fingerprint density at radius 3 is 2.00 bits per heavy atom. The molecule has 3 heteroatoms. The second-order valence-electron chi connectivity index (χ2n) is 7.83. The highest BCUT2D eigenvalue weighted by atomic mass is 16.6. The van der Waals surface area contributed by atoms with E-state index >= 15 is 0 Å². The summed E-state index contributed by atoms with van der Waals surface area (Å²) >= 11 is 0. The Morgan fingerprint density at radius 2 is 1.37 bits per heavy atom. The Morgan fingerprint density at radius 1 is 0.815 bits per heavy atom. The molecule has 2 unspecified atom stereocenters. The molecule has 0 N–H and O–H groups in total. The van der Waals surface area contributed by atoms with Crippen LogP contribution in [0, 0.1) is 0 Å². The van der Waals surface area contributed by atoms with E-state index in [1.54, 1.807) is 12.1 Å². The predicted molar refractivity (Wildman–Crippen MR) is 111 cm³/mol. The molecule has 1 aromatic carbocycles. The van der Waals surface area contributed by atoms with E-state index in [0.717, 1.165) is 12.8 Å². The van der Waals surface area contributed by atoms with Crippen LogP contribution in [0.5, 0.6) is 0 Å². The zero-order valence-electron chi connectivity index (χ0n) is 17.2. The third kappa shape index (κ3) is 9.95. The Hall–Kier alpha value is -1.35. The highest BCUT2D eigenvalue weighted by Gasteiger charge is 2.37. The standard InChI is InChI=1S/C24H38O3/c1-2-3-4-5-6-7-8-9-10-14-18-22-23(27-22)19-15-20-26-24(25)21-16-12-11-13-17-21/h11-13,16-17,22-23H,2-10,14-15,18-20H2,1H3. The molecule has 0 aromatic heterocycles. The molecule has 1 aliphatic rings. The van der Waals surface area contributed by atoms with E-state index in [1.807, 2.05) is 18.2 Å². The second-order valence-corrected chi connectivity index (χ2v) is 7.83. The number of rotatable bonds is 16. The highest BCUT2D eigenvalue weighted by Crippen LogP contribution is 2.31. The summed E-state index contributed by atoms with van der Waals surface area (Å²) in [5, 5.41) is 0. The van der Waals surface area contributed by atoms with Gasteiger partial charge in [-0.3, -0.25) is 0 Å². The van der Waals surface area contributed by atoms with Crippen LogP contribution in [-0.4, -0.2) is 24.8 Å². The minimum Gasteiger partial charge on any atom is -0.462 e. The molecule has 1 fully saturated rings. The van der Waals surface area contributed by atoms with E-state index in [2.05, 4.69) is 6.92 Å². The van der Waals surface area contributed by atoms with Crippen LogP contribution in [0.25, 0.3) is 0 Å². The van der Waals surface area contributed by atoms with Crippen molar-refractivity contribution in [2.75, 3.05) is 6.61 Å². The summed E-state index contributed by atoms with van der Waals surface area (Å²) in [6.45, 7) is 2.76. The number of benzene rings is 1. The number of ether oxygens (including phenoxy) is 2. The van der Waals surface area contributed by atoms with Crippen molar-refractivity contribution in [3.8, 4) is 0 Å². The van der Waals surface area contributed by atoms with E-state index in [-0.39, 0.29) is 5.97 Å². The van der Waals surface area contributed by atoms with Crippen molar-refractivity contribution in [1.29, 1.82) is 0 Å². The van der Waals surface area contributed by atoms with E-state index in [4.69, 9.17) is 9.47 Å². The van der Waals surface area contributed by atoms with E-state index in [1.165, 1.54) is 70.6 Å². The summed E-state index contributed by atoms with van der Waals surface area (Å²) < 4.78 is 11.1. The summed E-state index contributed by atoms with van der Waals surface area (Å²) in [5.41, 5.74) is 0.624. The van der Waals surface area contributed by atoms with Crippen LogP contribution in [0.1, 0.15) is 101 Å². The molecule has 1 saturated heterocycles. The molecular weight excluding hydrogens is 336 g/mol. The van der Waals surface area contributed by atoms with Crippen molar-refractivity contribution < 1.29 is 14.3 Å². The van der Waals surface area contributed by atoms with Crippen LogP contribution < -0.4 is 0 Å². The Balaban J connectivity index is 1.35. The van der Waals surface area contributed by atoms with Crippen LogP contribution in [0.2, 0.25) is 0 Å². The van der Waals surface area contributed by atoms with Gasteiger partial charge in [0.05, 0.1) is 24.4 Å². The lowest BCUT2D eigenvalue weighted by atomic mass is 10.0. The van der Waals surface area contributed by atoms with Gasteiger partial charge in [0.15, 0.2) is 0 Å². The van der Waals surface area contributed by atoms with Gasteiger partial charge in [-0.15, -0.1) is 0 Å². The lowest BCUT2D eigenvalue weighted by Gasteiger charge is -2.04. The first-order chi connectivity index (χ1) is 13.3. The fourth-order valence-corrected chi connectivity index (χ4v) is 3.63. The van der Waals surface area contributed by atoms with Gasteiger partial charge in [-0.05, 0) is 31.4 Å². The molecular formula is C24H38O3. The van der Waals surface area contributed by atoms with E-state index in [9.17, 15) is 4.79 Å². The molecule has 0 saturated carbocycles. The van der Waals surface area contributed by atoms with Gasteiger partial charge in [0.25, 0.3) is 0 Å². The number of carbonyl (C=O) groups excluding carboxylic acids is 1. The van der Waals surface area contributed by atoms with Gasteiger partial charge in [0.1, 0.15) is 0 Å². The van der Waals surface area contributed by atoms with Gasteiger partial charge >= 0.3 is 5.97 Å². The average molecular weight is 375 g/mol. The molecule has 2 atom stereocenters. The van der Waals surface area contributed by atoms with Gasteiger partial charge in [-0.25, -0.2) is 4.79 Å². The number of esters is 1. The van der Waals surface area contributed by atoms with E-state index in [0.29, 0.717) is 24.4 Å². The fourth-order valence-electron chi connectivity index (χ4n) is 3.63. The first kappa shape index (κ1) is 21.9. The van der Waals surface area contributed by atoms with Crippen molar-refractivity contribution in [1.82, 2.24) is 0 Å². The maximum Gasteiger partial charge on any atom is 0.338 e. The molecule has 152 valence electrons. The number of hydrogen-bond acceptors (Lipinski definition) is 3. The summed E-state index contributed by atoms with van der Waals surface area (Å²) in [6, 6.07) is 9.18. The largest absolute Gasteiger partial charge is 0.462 e. The van der Waals surface area contributed by atoms with Gasteiger partial charge in [0.2, 0.25) is 0 Å². The fraction of sp³-hybridized carbons (Fsp3) is 0.708. The summed E-state index contributed by atoms with van der Waals surface area (Å²) in [7, 11) is 0. The third-order valence-corrected chi connectivity index (χ3v) is 5.41. The summed E-state index contributed by atoms with van der Waals surface area (Å²) in [6.07, 6.45) is 17.8. The molecule has 0 amide bonds. The molecule has 1 heterocycles. The van der Waals surface area contributed by atoms with Crippen molar-refractivity contribution in [2.45, 2.75) is 103 Å². The van der Waals surface area contributed by atoms with Crippen molar-refractivity contribution in [3.63, 3.8) is 0 Å². The van der Waals surface area contributed by atoms with Crippen molar-refractivity contribution >= 4 is 5.97 Å². The van der Waals surface area contributed by atoms with Crippen molar-refractivity contribution in [2.24, 2.45) is 0 Å². The molecule has 3 nitrogen and oxygen atoms in total. The van der Waals surface area contributed by atoms with Crippen molar-refractivity contribution in [3.05, 3.63) is 35.9 Å². The Kier molecular flexibility index (Phi) is 11.2. The second kappa shape index (κ2) is 13.8. The van der Waals surface area contributed by atoms with Crippen LogP contribution in [0.4, 0.5) is 0 Å². The van der Waals surface area contributed by atoms with Crippen LogP contribution in [0.15, 0.2) is 30.3 Å². The first-order valence-electron chi connectivity index (χ1n) is 11.2. The predicted octanol–water partition coefficient (Wildman–Crippen LogP) is 6.70. The molecule has 0 bridgehead atoms. The molecule has 27 heavy (non-hydrogen) atoms. The monoisotopic (exact) mass is 374 g/mol. The molecule has 1 aromatic rings. The topological polar surface area (TPSA) is 38.8 Å². The van der Waals surface area contributed by atoms with Gasteiger partial charge in [0, 0.05) is 0 Å². The SMILES string of the molecule is CCCCCCCCCCCCC1OC1CCCOC(=O)c1ccccc1. The molecule has 0 radical (unpaired) electrons. The lowest BCUT2D eigenvalue weighted by Crippen LogP contribution is -2.07. The van der Waals surface area contributed by atoms with Crippen LogP contribution in [-0.2, 0) is 9.47 Å². The third-order valence-electron chi connectivity index (χ3n) is 5.41. The maximum absolute atomic E-state index is 11.8. The zero-order chi connectivity index (χ0) is 19.2. The normalized spacial score (nSPS) is 18.4. The Labute approximate surface area is 165 Å². The van der Waals surface area contributed by atoms with Crippen LogP contribution in [0.3, 0.4) is 0 Å². The van der Waals surface area contributed by atoms with E-state index < -0.39 is 0 Å². The average Bonchev–Trinajstić information content (AvgIpc) is 3.45. The quantitative estimate of drug-likeness (QED) is 0.183. The number of unbranched alkanes of at least 4 members (excludes halogenated alkanes) is 9. The zero-order valence-corrected chi connectivity index (χ0v) is 17.2. The first-order valence-corrected chi connectivity index (χ1v) is 11.2. The molecule has 2 rings (SSSR count).